The third-order valence-electron chi connectivity index (χ3n) is 1.09. The molecule has 0 saturated carbocycles. The number of hydrogen-bond donors (Lipinski definition) is 2. The van der Waals surface area contributed by atoms with E-state index in [2.05, 4.69) is 11.8 Å². The van der Waals surface area contributed by atoms with Crippen molar-refractivity contribution in [2.75, 3.05) is 25.6 Å². The van der Waals surface area contributed by atoms with Gasteiger partial charge in [0, 0.05) is 0 Å². The molecule has 0 radical (unpaired) electrons. The Bertz CT molecular complexity index is 303. The summed E-state index contributed by atoms with van der Waals surface area (Å²) in [5, 5.41) is 17.2. The first kappa shape index (κ1) is 17.7. The molecule has 1 atom stereocenters. The van der Waals surface area contributed by atoms with Crippen LogP contribution in [0.25, 0.3) is 0 Å². The maximum Gasteiger partial charge on any atom is 1.00 e. The zero-order valence-corrected chi connectivity index (χ0v) is 11.2. The SMILES string of the molecule is O=S(=O)([O-])CC(O)COCC#CCO.[Na+]. The van der Waals surface area contributed by atoms with Gasteiger partial charge in [0.25, 0.3) is 0 Å². The smallest absolute Gasteiger partial charge is 0.748 e. The molecule has 0 fully saturated rings. The van der Waals surface area contributed by atoms with Crippen molar-refractivity contribution in [3.05, 3.63) is 0 Å². The molecule has 0 rings (SSSR count). The fraction of sp³-hybridized carbons (Fsp3) is 0.714. The van der Waals surface area contributed by atoms with Gasteiger partial charge in [-0.15, -0.1) is 0 Å². The quantitative estimate of drug-likeness (QED) is 0.217. The third kappa shape index (κ3) is 14.4. The van der Waals surface area contributed by atoms with E-state index < -0.39 is 22.0 Å². The van der Waals surface area contributed by atoms with Crippen LogP contribution in [-0.2, 0) is 14.9 Å². The van der Waals surface area contributed by atoms with Gasteiger partial charge in [0.2, 0.25) is 0 Å². The Labute approximate surface area is 111 Å². The van der Waals surface area contributed by atoms with E-state index in [0.717, 1.165) is 0 Å². The normalized spacial score (nSPS) is 12.2. The molecule has 0 aliphatic heterocycles. The summed E-state index contributed by atoms with van der Waals surface area (Å²) < 4.78 is 35.1. The van der Waals surface area contributed by atoms with Crippen LogP contribution in [-0.4, -0.2) is 54.9 Å². The Morgan fingerprint density at radius 1 is 1.40 bits per heavy atom. The number of ether oxygens (including phenoxy) is 1. The van der Waals surface area contributed by atoms with Gasteiger partial charge >= 0.3 is 29.6 Å². The Kier molecular flexibility index (Phi) is 11.3. The first-order valence-electron chi connectivity index (χ1n) is 3.71. The molecular formula is C7H11NaO6S. The third-order valence-corrected chi connectivity index (χ3v) is 1.88. The summed E-state index contributed by atoms with van der Waals surface area (Å²) in [5.41, 5.74) is 0. The molecule has 0 saturated heterocycles. The van der Waals surface area contributed by atoms with E-state index in [1.807, 2.05) is 0 Å². The minimum Gasteiger partial charge on any atom is -0.748 e. The predicted molar refractivity (Wildman–Crippen MR) is 46.3 cm³/mol. The molecule has 0 amide bonds. The largest absolute Gasteiger partial charge is 1.00 e. The number of rotatable bonds is 5. The van der Waals surface area contributed by atoms with Crippen molar-refractivity contribution in [2.24, 2.45) is 0 Å². The van der Waals surface area contributed by atoms with E-state index in [9.17, 15) is 13.0 Å². The fourth-order valence-corrected chi connectivity index (χ4v) is 1.20. The van der Waals surface area contributed by atoms with Crippen molar-refractivity contribution in [1.29, 1.82) is 0 Å². The molecular weight excluding hydrogens is 235 g/mol. The topological polar surface area (TPSA) is 107 Å². The molecule has 0 spiro atoms. The molecule has 8 heteroatoms. The van der Waals surface area contributed by atoms with Crippen molar-refractivity contribution < 1.29 is 57.5 Å². The molecule has 0 bridgehead atoms. The van der Waals surface area contributed by atoms with Crippen molar-refractivity contribution >= 4 is 10.1 Å². The van der Waals surface area contributed by atoms with Crippen LogP contribution in [0.15, 0.2) is 0 Å². The van der Waals surface area contributed by atoms with Gasteiger partial charge in [-0.25, -0.2) is 8.42 Å². The number of aliphatic hydroxyl groups is 2. The van der Waals surface area contributed by atoms with Crippen LogP contribution in [0, 0.1) is 11.8 Å². The fourth-order valence-electron chi connectivity index (χ4n) is 0.637. The molecule has 2 N–H and O–H groups in total. The van der Waals surface area contributed by atoms with Crippen LogP contribution in [0.2, 0.25) is 0 Å². The second-order valence-electron chi connectivity index (χ2n) is 2.40. The van der Waals surface area contributed by atoms with Crippen LogP contribution >= 0.6 is 0 Å². The first-order chi connectivity index (χ1) is 6.45. The molecule has 82 valence electrons. The number of hydrogen-bond acceptors (Lipinski definition) is 6. The summed E-state index contributed by atoms with van der Waals surface area (Å²) in [5.74, 6) is 3.81. The van der Waals surface area contributed by atoms with Crippen LogP contribution in [0.5, 0.6) is 0 Å². The second kappa shape index (κ2) is 9.57. The Morgan fingerprint density at radius 3 is 2.47 bits per heavy atom. The molecule has 0 aromatic carbocycles. The summed E-state index contributed by atoms with van der Waals surface area (Å²) >= 11 is 0. The van der Waals surface area contributed by atoms with Crippen LogP contribution in [0.4, 0.5) is 0 Å². The van der Waals surface area contributed by atoms with Crippen LogP contribution < -0.4 is 29.6 Å². The second-order valence-corrected chi connectivity index (χ2v) is 3.85. The minimum atomic E-state index is -4.43. The summed E-state index contributed by atoms with van der Waals surface area (Å²) in [6.45, 7) is -0.598. The van der Waals surface area contributed by atoms with Crippen LogP contribution in [0.3, 0.4) is 0 Å². The average Bonchev–Trinajstić information content (AvgIpc) is 2.00. The van der Waals surface area contributed by atoms with Gasteiger partial charge in [0.15, 0.2) is 0 Å². The molecule has 6 nitrogen and oxygen atoms in total. The first-order valence-corrected chi connectivity index (χ1v) is 5.29. The molecule has 0 aromatic rings. The Morgan fingerprint density at radius 2 is 2.00 bits per heavy atom. The van der Waals surface area contributed by atoms with Gasteiger partial charge in [0.05, 0.1) is 28.6 Å². The zero-order valence-electron chi connectivity index (χ0n) is 8.34. The molecule has 0 heterocycles. The van der Waals surface area contributed by atoms with E-state index in [0.29, 0.717) is 0 Å². The van der Waals surface area contributed by atoms with Crippen molar-refractivity contribution in [1.82, 2.24) is 0 Å². The standard InChI is InChI=1S/C7H12O6S.Na/c8-3-1-2-4-13-5-7(9)6-14(10,11)12;/h7-9H,3-6H2,(H,10,11,12);/q;+1/p-1. The van der Waals surface area contributed by atoms with Crippen molar-refractivity contribution in [3.8, 4) is 11.8 Å². The molecule has 0 aromatic heterocycles. The summed E-state index contributed by atoms with van der Waals surface area (Å²) in [4.78, 5) is 0. The van der Waals surface area contributed by atoms with E-state index >= 15 is 0 Å². The van der Waals surface area contributed by atoms with E-state index in [4.69, 9.17) is 14.9 Å². The maximum atomic E-state index is 10.1. The minimum absolute atomic E-state index is 0. The maximum absolute atomic E-state index is 10.1. The average molecular weight is 246 g/mol. The van der Waals surface area contributed by atoms with Crippen molar-refractivity contribution in [2.45, 2.75) is 6.10 Å². The zero-order chi connectivity index (χ0) is 11.0. The predicted octanol–water partition coefficient (Wildman–Crippen LogP) is -5.09. The van der Waals surface area contributed by atoms with Gasteiger partial charge in [-0.3, -0.25) is 0 Å². The Balaban J connectivity index is 0. The van der Waals surface area contributed by atoms with E-state index in [-0.39, 0.29) is 49.4 Å². The monoisotopic (exact) mass is 246 g/mol. The summed E-state index contributed by atoms with van der Waals surface area (Å²) in [6, 6.07) is 0. The van der Waals surface area contributed by atoms with Gasteiger partial charge in [-0.1, -0.05) is 11.8 Å². The summed E-state index contributed by atoms with van der Waals surface area (Å²) in [7, 11) is -4.43. The Hall–Kier alpha value is 0.350. The molecule has 0 aliphatic rings. The van der Waals surface area contributed by atoms with Gasteiger partial charge in [0.1, 0.15) is 13.2 Å². The van der Waals surface area contributed by atoms with Gasteiger partial charge < -0.3 is 19.5 Å². The van der Waals surface area contributed by atoms with Crippen molar-refractivity contribution in [3.63, 3.8) is 0 Å². The van der Waals surface area contributed by atoms with E-state index in [1.54, 1.807) is 0 Å². The van der Waals surface area contributed by atoms with Gasteiger partial charge in [-0.2, -0.15) is 0 Å². The van der Waals surface area contributed by atoms with Crippen LogP contribution in [0.1, 0.15) is 0 Å². The summed E-state index contributed by atoms with van der Waals surface area (Å²) in [6.07, 6.45) is -1.34. The van der Waals surface area contributed by atoms with Gasteiger partial charge in [-0.05, 0) is 0 Å². The molecule has 15 heavy (non-hydrogen) atoms. The number of aliphatic hydroxyl groups excluding tert-OH is 2. The van der Waals surface area contributed by atoms with E-state index in [1.165, 1.54) is 0 Å². The molecule has 1 unspecified atom stereocenters. The molecule has 0 aliphatic carbocycles.